The van der Waals surface area contributed by atoms with Gasteiger partial charge in [0.25, 0.3) is 0 Å². The van der Waals surface area contributed by atoms with E-state index in [1.165, 1.54) is 5.56 Å². The van der Waals surface area contributed by atoms with Gasteiger partial charge < -0.3 is 5.11 Å². The van der Waals surface area contributed by atoms with Crippen LogP contribution in [0.1, 0.15) is 25.3 Å². The molecule has 1 heterocycles. The minimum absolute atomic E-state index is 0.135. The maximum atomic E-state index is 10.8. The van der Waals surface area contributed by atoms with Crippen molar-refractivity contribution in [3.63, 3.8) is 0 Å². The zero-order valence-electron chi connectivity index (χ0n) is 12.3. The van der Waals surface area contributed by atoms with Crippen LogP contribution in [0.4, 0.5) is 0 Å². The Hall–Kier alpha value is -1.39. The number of piperidine rings is 1. The summed E-state index contributed by atoms with van der Waals surface area (Å²) in [4.78, 5) is 15.2. The number of likely N-dealkylation sites (N-methyl/N-ethyl adjacent to an activating group) is 1. The number of hydrogen-bond acceptors (Lipinski definition) is 3. The molecule has 0 spiro atoms. The molecule has 110 valence electrons. The molecule has 20 heavy (non-hydrogen) atoms. The minimum atomic E-state index is -0.744. The van der Waals surface area contributed by atoms with E-state index in [0.29, 0.717) is 12.1 Å². The lowest BCUT2D eigenvalue weighted by atomic mass is 9.96. The van der Waals surface area contributed by atoms with Gasteiger partial charge in [-0.1, -0.05) is 30.3 Å². The largest absolute Gasteiger partial charge is 0.480 e. The molecule has 1 saturated heterocycles. The summed E-state index contributed by atoms with van der Waals surface area (Å²) >= 11 is 0. The van der Waals surface area contributed by atoms with E-state index in [2.05, 4.69) is 36.1 Å². The molecular formula is C16H24N2O2. The Kier molecular flexibility index (Phi) is 5.15. The lowest BCUT2D eigenvalue weighted by Crippen LogP contribution is -2.48. The number of carboxylic acid groups (broad SMARTS) is 1. The fraction of sp³-hybridized carbons (Fsp3) is 0.562. The molecule has 0 unspecified atom stereocenters. The van der Waals surface area contributed by atoms with Crippen molar-refractivity contribution >= 4 is 5.97 Å². The summed E-state index contributed by atoms with van der Waals surface area (Å²) in [6.07, 6.45) is 2.08. The Morgan fingerprint density at radius 3 is 2.70 bits per heavy atom. The summed E-state index contributed by atoms with van der Waals surface area (Å²) in [7, 11) is 1.92. The molecule has 2 atom stereocenters. The van der Waals surface area contributed by atoms with Crippen molar-refractivity contribution in [2.24, 2.45) is 0 Å². The molecule has 1 aliphatic rings. The van der Waals surface area contributed by atoms with Crippen LogP contribution in [0.3, 0.4) is 0 Å². The fourth-order valence-electron chi connectivity index (χ4n) is 2.99. The second-order valence-electron chi connectivity index (χ2n) is 5.79. The first kappa shape index (κ1) is 15.0. The molecule has 1 N–H and O–H groups in total. The molecule has 4 nitrogen and oxygen atoms in total. The highest BCUT2D eigenvalue weighted by molar-refractivity contribution is 5.69. The van der Waals surface area contributed by atoms with Gasteiger partial charge in [0.2, 0.25) is 0 Å². The monoisotopic (exact) mass is 276 g/mol. The average molecular weight is 276 g/mol. The summed E-state index contributed by atoms with van der Waals surface area (Å²) in [6.45, 7) is 4.39. The van der Waals surface area contributed by atoms with E-state index < -0.39 is 5.97 Å². The van der Waals surface area contributed by atoms with Gasteiger partial charge in [-0.2, -0.15) is 0 Å². The number of benzene rings is 1. The number of aliphatic carboxylic acids is 1. The first-order valence-electron chi connectivity index (χ1n) is 7.26. The summed E-state index contributed by atoms with van der Waals surface area (Å²) in [5.74, 6) is -0.744. The predicted octanol–water partition coefficient (Wildman–Crippen LogP) is 2.06. The number of carboxylic acids is 1. The van der Waals surface area contributed by atoms with E-state index in [4.69, 9.17) is 5.11 Å². The smallest absolute Gasteiger partial charge is 0.317 e. The molecule has 1 aromatic carbocycles. The second kappa shape index (κ2) is 6.86. The van der Waals surface area contributed by atoms with E-state index in [1.54, 1.807) is 0 Å². The maximum absolute atomic E-state index is 10.8. The van der Waals surface area contributed by atoms with Crippen molar-refractivity contribution in [1.29, 1.82) is 0 Å². The summed E-state index contributed by atoms with van der Waals surface area (Å²) in [6, 6.07) is 11.4. The van der Waals surface area contributed by atoms with Crippen LogP contribution in [0.2, 0.25) is 0 Å². The van der Waals surface area contributed by atoms with E-state index in [0.717, 1.165) is 25.9 Å². The van der Waals surface area contributed by atoms with Gasteiger partial charge in [0.15, 0.2) is 0 Å². The summed E-state index contributed by atoms with van der Waals surface area (Å²) in [5, 5.41) is 8.88. The fourth-order valence-corrected chi connectivity index (χ4v) is 2.99. The van der Waals surface area contributed by atoms with Crippen molar-refractivity contribution in [3.05, 3.63) is 35.9 Å². The zero-order valence-corrected chi connectivity index (χ0v) is 12.3. The average Bonchev–Trinajstić information content (AvgIpc) is 2.41. The number of nitrogens with zero attached hydrogens (tertiary/aromatic N) is 2. The van der Waals surface area contributed by atoms with Gasteiger partial charge >= 0.3 is 5.97 Å². The number of hydrogen-bond donors (Lipinski definition) is 1. The Morgan fingerprint density at radius 2 is 2.10 bits per heavy atom. The molecule has 0 bridgehead atoms. The highest BCUT2D eigenvalue weighted by Crippen LogP contribution is 2.22. The van der Waals surface area contributed by atoms with Crippen molar-refractivity contribution in [2.75, 3.05) is 20.1 Å². The lowest BCUT2D eigenvalue weighted by Gasteiger charge is -2.40. The molecule has 2 rings (SSSR count). The van der Waals surface area contributed by atoms with Crippen LogP contribution in [-0.2, 0) is 11.3 Å². The van der Waals surface area contributed by atoms with Gasteiger partial charge in [-0.3, -0.25) is 14.6 Å². The quantitative estimate of drug-likeness (QED) is 0.894. The van der Waals surface area contributed by atoms with Crippen LogP contribution in [-0.4, -0.2) is 53.1 Å². The summed E-state index contributed by atoms with van der Waals surface area (Å²) < 4.78 is 0. The molecule has 0 amide bonds. The molecule has 0 aliphatic carbocycles. The van der Waals surface area contributed by atoms with Gasteiger partial charge in [0, 0.05) is 25.2 Å². The third kappa shape index (κ3) is 4.05. The molecule has 1 fully saturated rings. The van der Waals surface area contributed by atoms with Gasteiger partial charge in [-0.25, -0.2) is 0 Å². The second-order valence-corrected chi connectivity index (χ2v) is 5.79. The van der Waals surface area contributed by atoms with Crippen molar-refractivity contribution in [1.82, 2.24) is 9.80 Å². The summed E-state index contributed by atoms with van der Waals surface area (Å²) in [5.41, 5.74) is 1.34. The van der Waals surface area contributed by atoms with E-state index in [-0.39, 0.29) is 6.54 Å². The first-order valence-corrected chi connectivity index (χ1v) is 7.26. The number of carbonyl (C=O) groups is 1. The van der Waals surface area contributed by atoms with Crippen LogP contribution in [0.25, 0.3) is 0 Å². The number of likely N-dealkylation sites (tertiary alicyclic amines) is 1. The Labute approximate surface area is 121 Å². The Balaban J connectivity index is 1.87. The van der Waals surface area contributed by atoms with Crippen LogP contribution < -0.4 is 0 Å². The first-order chi connectivity index (χ1) is 9.56. The van der Waals surface area contributed by atoms with Gasteiger partial charge in [0.05, 0.1) is 6.54 Å². The van der Waals surface area contributed by atoms with E-state index in [9.17, 15) is 4.79 Å². The van der Waals surface area contributed by atoms with Crippen LogP contribution in [0.5, 0.6) is 0 Å². The zero-order chi connectivity index (χ0) is 14.5. The highest BCUT2D eigenvalue weighted by atomic mass is 16.4. The van der Waals surface area contributed by atoms with Crippen molar-refractivity contribution < 1.29 is 9.90 Å². The Bertz CT molecular complexity index is 435. The third-order valence-corrected chi connectivity index (χ3v) is 4.22. The third-order valence-electron chi connectivity index (χ3n) is 4.22. The lowest BCUT2D eigenvalue weighted by molar-refractivity contribution is -0.138. The van der Waals surface area contributed by atoms with Gasteiger partial charge in [0.1, 0.15) is 0 Å². The van der Waals surface area contributed by atoms with Gasteiger partial charge in [-0.05, 0) is 32.4 Å². The molecule has 1 aromatic rings. The van der Waals surface area contributed by atoms with Crippen LogP contribution in [0.15, 0.2) is 30.3 Å². The van der Waals surface area contributed by atoms with E-state index in [1.807, 2.05) is 18.0 Å². The standard InChI is InChI=1S/C16H24N2O2/c1-13-10-15(17(2)12-16(19)20)8-9-18(13)11-14-6-4-3-5-7-14/h3-7,13,15H,8-12H2,1-2H3,(H,19,20)/t13-,15-/m1/s1. The highest BCUT2D eigenvalue weighted by Gasteiger charge is 2.28. The molecular weight excluding hydrogens is 252 g/mol. The van der Waals surface area contributed by atoms with Gasteiger partial charge in [-0.15, -0.1) is 0 Å². The Morgan fingerprint density at radius 1 is 1.40 bits per heavy atom. The predicted molar refractivity (Wildman–Crippen MR) is 79.6 cm³/mol. The van der Waals surface area contributed by atoms with Crippen molar-refractivity contribution in [3.8, 4) is 0 Å². The molecule has 4 heteroatoms. The SMILES string of the molecule is C[C@@H]1C[C@H](N(C)CC(=O)O)CCN1Cc1ccccc1. The molecule has 0 aromatic heterocycles. The number of rotatable bonds is 5. The van der Waals surface area contributed by atoms with E-state index >= 15 is 0 Å². The minimum Gasteiger partial charge on any atom is -0.480 e. The van der Waals surface area contributed by atoms with Crippen LogP contribution >= 0.6 is 0 Å². The molecule has 1 aliphatic heterocycles. The van der Waals surface area contributed by atoms with Crippen LogP contribution in [0, 0.1) is 0 Å². The molecule has 0 saturated carbocycles. The maximum Gasteiger partial charge on any atom is 0.317 e. The van der Waals surface area contributed by atoms with Crippen molar-refractivity contribution in [2.45, 2.75) is 38.4 Å². The molecule has 0 radical (unpaired) electrons. The topological polar surface area (TPSA) is 43.8 Å². The normalized spacial score (nSPS) is 23.9.